The number of carbonyl (C=O) groups is 2. The highest BCUT2D eigenvalue weighted by molar-refractivity contribution is 5.96. The third-order valence-corrected chi connectivity index (χ3v) is 3.00. The fourth-order valence-corrected chi connectivity index (χ4v) is 1.76. The third kappa shape index (κ3) is 2.64. The maximum atomic E-state index is 11.7. The molecular weight excluding hydrogens is 218 g/mol. The molecule has 4 heteroatoms. The van der Waals surface area contributed by atoms with Crippen LogP contribution in [0.2, 0.25) is 0 Å². The summed E-state index contributed by atoms with van der Waals surface area (Å²) in [6, 6.07) is 6.76. The van der Waals surface area contributed by atoms with Gasteiger partial charge in [-0.05, 0) is 30.5 Å². The summed E-state index contributed by atoms with van der Waals surface area (Å²) >= 11 is 0. The first-order valence-electron chi connectivity index (χ1n) is 5.61. The van der Waals surface area contributed by atoms with Crippen LogP contribution in [0.3, 0.4) is 0 Å². The van der Waals surface area contributed by atoms with Crippen molar-refractivity contribution < 1.29 is 14.3 Å². The molecule has 17 heavy (non-hydrogen) atoms. The van der Waals surface area contributed by atoms with Crippen LogP contribution in [0.5, 0.6) is 0 Å². The van der Waals surface area contributed by atoms with Gasteiger partial charge in [-0.25, -0.2) is 4.79 Å². The first kappa shape index (κ1) is 11.6. The van der Waals surface area contributed by atoms with Crippen molar-refractivity contribution in [2.45, 2.75) is 13.3 Å². The fourth-order valence-electron chi connectivity index (χ4n) is 1.76. The molecule has 1 aromatic rings. The van der Waals surface area contributed by atoms with Gasteiger partial charge in [-0.1, -0.05) is 13.0 Å². The van der Waals surface area contributed by atoms with E-state index in [9.17, 15) is 9.59 Å². The molecule has 1 N–H and O–H groups in total. The molecule has 0 heterocycles. The molecule has 0 spiro atoms. The third-order valence-electron chi connectivity index (χ3n) is 3.00. The topological polar surface area (TPSA) is 55.4 Å². The lowest BCUT2D eigenvalue weighted by atomic mass is 10.2. The van der Waals surface area contributed by atoms with Crippen LogP contribution < -0.4 is 5.32 Å². The molecule has 1 fully saturated rings. The lowest BCUT2D eigenvalue weighted by Gasteiger charge is -2.06. The van der Waals surface area contributed by atoms with Crippen molar-refractivity contribution in [3.63, 3.8) is 0 Å². The number of carbonyl (C=O) groups excluding carboxylic acids is 2. The van der Waals surface area contributed by atoms with E-state index in [1.54, 1.807) is 24.3 Å². The molecule has 90 valence electrons. The molecule has 0 aliphatic heterocycles. The van der Waals surface area contributed by atoms with Crippen molar-refractivity contribution in [1.82, 2.24) is 0 Å². The Morgan fingerprint density at radius 3 is 2.71 bits per heavy atom. The van der Waals surface area contributed by atoms with Gasteiger partial charge in [0.05, 0.1) is 12.7 Å². The van der Waals surface area contributed by atoms with Gasteiger partial charge in [-0.3, -0.25) is 4.79 Å². The van der Waals surface area contributed by atoms with Gasteiger partial charge in [0.1, 0.15) is 0 Å². The number of methoxy groups -OCH3 is 1. The molecule has 0 radical (unpaired) electrons. The van der Waals surface area contributed by atoms with Crippen LogP contribution in [0.15, 0.2) is 24.3 Å². The van der Waals surface area contributed by atoms with Gasteiger partial charge in [0.2, 0.25) is 5.91 Å². The molecule has 0 bridgehead atoms. The number of esters is 1. The molecule has 2 rings (SSSR count). The molecule has 0 unspecified atom stereocenters. The number of nitrogens with one attached hydrogen (secondary N) is 1. The first-order valence-corrected chi connectivity index (χ1v) is 5.61. The average molecular weight is 233 g/mol. The van der Waals surface area contributed by atoms with Crippen LogP contribution in [-0.2, 0) is 9.53 Å². The van der Waals surface area contributed by atoms with Crippen molar-refractivity contribution in [2.24, 2.45) is 11.8 Å². The van der Waals surface area contributed by atoms with Gasteiger partial charge in [0.15, 0.2) is 0 Å². The summed E-state index contributed by atoms with van der Waals surface area (Å²) in [7, 11) is 1.33. The van der Waals surface area contributed by atoms with Crippen LogP contribution in [0.1, 0.15) is 23.7 Å². The minimum absolute atomic E-state index is 0.0273. The Labute approximate surface area is 100.0 Å². The molecule has 1 aromatic carbocycles. The normalized spacial score (nSPS) is 21.8. The van der Waals surface area contributed by atoms with Crippen molar-refractivity contribution in [3.8, 4) is 0 Å². The van der Waals surface area contributed by atoms with E-state index in [1.165, 1.54) is 7.11 Å². The summed E-state index contributed by atoms with van der Waals surface area (Å²) < 4.78 is 4.62. The van der Waals surface area contributed by atoms with Crippen molar-refractivity contribution >= 4 is 17.6 Å². The second-order valence-corrected chi connectivity index (χ2v) is 4.38. The smallest absolute Gasteiger partial charge is 0.337 e. The molecule has 1 aliphatic rings. The Bertz CT molecular complexity index is 456. The molecule has 0 aromatic heterocycles. The Morgan fingerprint density at radius 2 is 2.12 bits per heavy atom. The zero-order valence-corrected chi connectivity index (χ0v) is 9.90. The number of anilines is 1. The van der Waals surface area contributed by atoms with Crippen LogP contribution in [0.25, 0.3) is 0 Å². The van der Waals surface area contributed by atoms with Gasteiger partial charge in [0, 0.05) is 11.6 Å². The van der Waals surface area contributed by atoms with Crippen molar-refractivity contribution in [1.29, 1.82) is 0 Å². The highest BCUT2D eigenvalue weighted by Crippen LogP contribution is 2.38. The van der Waals surface area contributed by atoms with Crippen molar-refractivity contribution in [3.05, 3.63) is 29.8 Å². The van der Waals surface area contributed by atoms with E-state index in [4.69, 9.17) is 0 Å². The fraction of sp³-hybridized carbons (Fsp3) is 0.385. The lowest BCUT2D eigenvalue weighted by molar-refractivity contribution is -0.117. The van der Waals surface area contributed by atoms with E-state index < -0.39 is 5.97 Å². The van der Waals surface area contributed by atoms with Gasteiger partial charge in [0.25, 0.3) is 0 Å². The average Bonchev–Trinajstić information content (AvgIpc) is 3.06. The molecule has 0 saturated heterocycles. The second kappa shape index (κ2) is 4.57. The molecule has 1 saturated carbocycles. The maximum absolute atomic E-state index is 11.7. The number of hydrogen-bond donors (Lipinski definition) is 1. The molecule has 1 amide bonds. The predicted octanol–water partition coefficient (Wildman–Crippen LogP) is 2.07. The Hall–Kier alpha value is -1.84. The van der Waals surface area contributed by atoms with E-state index in [0.717, 1.165) is 6.42 Å². The second-order valence-electron chi connectivity index (χ2n) is 4.38. The quantitative estimate of drug-likeness (QED) is 0.813. The Morgan fingerprint density at radius 1 is 1.41 bits per heavy atom. The van der Waals surface area contributed by atoms with E-state index >= 15 is 0 Å². The van der Waals surface area contributed by atoms with Crippen LogP contribution >= 0.6 is 0 Å². The van der Waals surface area contributed by atoms with E-state index in [1.807, 2.05) is 0 Å². The standard InChI is InChI=1S/C13H15NO3/c1-8-6-11(8)12(15)14-10-5-3-4-9(7-10)13(16)17-2/h3-5,7-8,11H,6H2,1-2H3,(H,14,15)/t8-,11+/m1/s1. The van der Waals surface area contributed by atoms with Crippen LogP contribution in [0.4, 0.5) is 5.69 Å². The maximum Gasteiger partial charge on any atom is 0.337 e. The van der Waals surface area contributed by atoms with E-state index in [-0.39, 0.29) is 11.8 Å². The highest BCUT2D eigenvalue weighted by Gasteiger charge is 2.39. The number of ether oxygens (including phenoxy) is 1. The Kier molecular flexibility index (Phi) is 3.13. The summed E-state index contributed by atoms with van der Waals surface area (Å²) in [6.07, 6.45) is 0.947. The van der Waals surface area contributed by atoms with E-state index in [2.05, 4.69) is 17.0 Å². The van der Waals surface area contributed by atoms with Gasteiger partial charge >= 0.3 is 5.97 Å². The molecule has 1 aliphatic carbocycles. The van der Waals surface area contributed by atoms with Gasteiger partial charge in [-0.15, -0.1) is 0 Å². The highest BCUT2D eigenvalue weighted by atomic mass is 16.5. The minimum atomic E-state index is -0.402. The van der Waals surface area contributed by atoms with Crippen molar-refractivity contribution in [2.75, 3.05) is 12.4 Å². The SMILES string of the molecule is COC(=O)c1cccc(NC(=O)[C@H]2C[C@H]2C)c1. The van der Waals surface area contributed by atoms with Crippen LogP contribution in [-0.4, -0.2) is 19.0 Å². The summed E-state index contributed by atoms with van der Waals surface area (Å²) in [4.78, 5) is 23.0. The summed E-state index contributed by atoms with van der Waals surface area (Å²) in [5.74, 6) is 0.218. The molecule has 4 nitrogen and oxygen atoms in total. The number of hydrogen-bond acceptors (Lipinski definition) is 3. The lowest BCUT2D eigenvalue weighted by Crippen LogP contribution is -2.14. The Balaban J connectivity index is 2.06. The number of benzene rings is 1. The molecular formula is C13H15NO3. The van der Waals surface area contributed by atoms with Gasteiger partial charge < -0.3 is 10.1 Å². The van der Waals surface area contributed by atoms with Gasteiger partial charge in [-0.2, -0.15) is 0 Å². The zero-order valence-electron chi connectivity index (χ0n) is 9.90. The molecule has 2 atom stereocenters. The predicted molar refractivity (Wildman–Crippen MR) is 63.7 cm³/mol. The largest absolute Gasteiger partial charge is 0.465 e. The minimum Gasteiger partial charge on any atom is -0.465 e. The number of amides is 1. The van der Waals surface area contributed by atoms with E-state index in [0.29, 0.717) is 17.2 Å². The summed E-state index contributed by atoms with van der Waals surface area (Å²) in [5.41, 5.74) is 1.08. The zero-order chi connectivity index (χ0) is 12.4. The summed E-state index contributed by atoms with van der Waals surface area (Å²) in [5, 5.41) is 2.81. The van der Waals surface area contributed by atoms with Crippen LogP contribution in [0, 0.1) is 11.8 Å². The monoisotopic (exact) mass is 233 g/mol. The summed E-state index contributed by atoms with van der Waals surface area (Å²) in [6.45, 7) is 2.05. The first-order chi connectivity index (χ1) is 8.11. The number of rotatable bonds is 3.